The third-order valence-corrected chi connectivity index (χ3v) is 9.17. The van der Waals surface area contributed by atoms with E-state index >= 15 is 4.39 Å². The van der Waals surface area contributed by atoms with Crippen LogP contribution in [0.3, 0.4) is 0 Å². The minimum atomic E-state index is -3.56. The molecule has 0 saturated carbocycles. The molecule has 34 heavy (non-hydrogen) atoms. The van der Waals surface area contributed by atoms with Gasteiger partial charge in [-0.3, -0.25) is 13.9 Å². The van der Waals surface area contributed by atoms with Crippen LogP contribution in [0.4, 0.5) is 16.2 Å². The van der Waals surface area contributed by atoms with Gasteiger partial charge in [-0.15, -0.1) is 0 Å². The molecule has 2 saturated heterocycles. The van der Waals surface area contributed by atoms with Crippen LogP contribution in [0, 0.1) is 11.3 Å². The molecule has 2 aromatic heterocycles. The summed E-state index contributed by atoms with van der Waals surface area (Å²) in [5.41, 5.74) is 4.17. The maximum atomic E-state index is 16.2. The molecule has 11 nitrogen and oxygen atoms in total. The normalized spacial score (nSPS) is 31.5. The lowest BCUT2D eigenvalue weighted by atomic mass is 9.89. The zero-order valence-corrected chi connectivity index (χ0v) is 21.5. The van der Waals surface area contributed by atoms with Gasteiger partial charge in [0.05, 0.1) is 31.8 Å². The first-order chi connectivity index (χ1) is 15.9. The van der Waals surface area contributed by atoms with Crippen LogP contribution in [0.25, 0.3) is 11.2 Å². The maximum absolute atomic E-state index is 16.2. The van der Waals surface area contributed by atoms with Gasteiger partial charge in [0.25, 0.3) is 0 Å². The summed E-state index contributed by atoms with van der Waals surface area (Å²) in [5.74, 6) is 0.0284. The molecule has 0 radical (unpaired) electrons. The van der Waals surface area contributed by atoms with Crippen molar-refractivity contribution in [3.05, 3.63) is 6.33 Å². The molecule has 2 aliphatic rings. The molecule has 1 unspecified atom stereocenters. The van der Waals surface area contributed by atoms with E-state index in [1.165, 1.54) is 17.8 Å². The van der Waals surface area contributed by atoms with E-state index in [1.807, 2.05) is 20.8 Å². The topological polar surface area (TPSA) is 143 Å². The molecule has 0 amide bonds. The summed E-state index contributed by atoms with van der Waals surface area (Å²) in [6.07, 6.45) is -0.408. The molecular weight excluding hydrogens is 486 g/mol. The number of nitrogen functional groups attached to an aromatic ring is 1. The van der Waals surface area contributed by atoms with Gasteiger partial charge >= 0.3 is 7.60 Å². The summed E-state index contributed by atoms with van der Waals surface area (Å²) < 4.78 is 48.0. The smallest absolute Gasteiger partial charge is 0.331 e. The molecule has 3 N–H and O–H groups in total. The zero-order chi connectivity index (χ0) is 24.9. The summed E-state index contributed by atoms with van der Waals surface area (Å²) >= 11 is 1.12. The number of nitrogens with zero attached hydrogens (tertiary/aromatic N) is 4. The van der Waals surface area contributed by atoms with Gasteiger partial charge in [0, 0.05) is 24.1 Å². The van der Waals surface area contributed by atoms with Gasteiger partial charge in [0.2, 0.25) is 5.95 Å². The number of fused-ring (bicyclic) bond motifs is 2. The van der Waals surface area contributed by atoms with Gasteiger partial charge in [-0.1, -0.05) is 32.5 Å². The molecule has 0 bridgehead atoms. The van der Waals surface area contributed by atoms with Crippen molar-refractivity contribution in [3.63, 3.8) is 0 Å². The first kappa shape index (κ1) is 25.3. The van der Waals surface area contributed by atoms with E-state index < -0.39 is 36.9 Å². The van der Waals surface area contributed by atoms with Crippen LogP contribution >= 0.6 is 19.4 Å². The van der Waals surface area contributed by atoms with E-state index in [1.54, 1.807) is 7.05 Å². The molecule has 2 aliphatic heterocycles. The number of thioether (sulfide) groups is 1. The Morgan fingerprint density at radius 3 is 2.88 bits per heavy atom. The lowest BCUT2D eigenvalue weighted by molar-refractivity contribution is -0.117. The highest BCUT2D eigenvalue weighted by Crippen LogP contribution is 2.60. The second kappa shape index (κ2) is 9.02. The van der Waals surface area contributed by atoms with E-state index in [0.29, 0.717) is 22.7 Å². The van der Waals surface area contributed by atoms with Gasteiger partial charge in [-0.05, 0) is 6.92 Å². The predicted octanol–water partition coefficient (Wildman–Crippen LogP) is 3.24. The summed E-state index contributed by atoms with van der Waals surface area (Å²) in [4.78, 5) is 24.7. The van der Waals surface area contributed by atoms with Crippen LogP contribution < -0.4 is 11.1 Å². The summed E-state index contributed by atoms with van der Waals surface area (Å²) in [6.45, 7) is 6.89. The number of aromatic nitrogens is 4. The fourth-order valence-corrected chi connectivity index (χ4v) is 7.12. The number of nitrogens with one attached hydrogen (secondary N) is 1. The van der Waals surface area contributed by atoms with Gasteiger partial charge in [0.1, 0.15) is 0 Å². The van der Waals surface area contributed by atoms with E-state index in [-0.39, 0.29) is 30.4 Å². The fraction of sp³-hybridized carbons (Fsp3) is 0.700. The van der Waals surface area contributed by atoms with Crippen LogP contribution in [-0.4, -0.2) is 68.6 Å². The average molecular weight is 517 g/mol. The quantitative estimate of drug-likeness (QED) is 0.431. The monoisotopic (exact) mass is 516 g/mol. The van der Waals surface area contributed by atoms with Crippen molar-refractivity contribution < 1.29 is 27.5 Å². The third-order valence-electron chi connectivity index (χ3n) is 5.96. The van der Waals surface area contributed by atoms with E-state index in [0.717, 1.165) is 11.8 Å². The first-order valence-electron chi connectivity index (χ1n) is 10.9. The Kier molecular flexibility index (Phi) is 6.71. The fourth-order valence-electron chi connectivity index (χ4n) is 4.11. The highest BCUT2D eigenvalue weighted by molar-refractivity contribution is 8.13. The number of alkyl halides is 1. The van der Waals surface area contributed by atoms with E-state index in [9.17, 15) is 9.36 Å². The molecule has 0 spiro atoms. The maximum Gasteiger partial charge on any atom is 0.331 e. The lowest BCUT2D eigenvalue weighted by Gasteiger charge is -2.34. The highest BCUT2D eigenvalue weighted by Gasteiger charge is 2.60. The summed E-state index contributed by atoms with van der Waals surface area (Å²) in [5, 5.41) is 2.91. The van der Waals surface area contributed by atoms with Gasteiger partial charge in [0.15, 0.2) is 34.0 Å². The second-order valence-electron chi connectivity index (χ2n) is 9.60. The van der Waals surface area contributed by atoms with Crippen molar-refractivity contribution >= 4 is 47.4 Å². The molecule has 4 heterocycles. The van der Waals surface area contributed by atoms with Crippen LogP contribution in [0.15, 0.2) is 6.33 Å². The number of ether oxygens (including phenoxy) is 1. The number of rotatable bonds is 6. The molecule has 5 atom stereocenters. The van der Waals surface area contributed by atoms with Crippen LogP contribution in [0.5, 0.6) is 0 Å². The average Bonchev–Trinajstić information content (AvgIpc) is 3.27. The van der Waals surface area contributed by atoms with E-state index in [4.69, 9.17) is 19.5 Å². The Labute approximate surface area is 201 Å². The van der Waals surface area contributed by atoms with Crippen molar-refractivity contribution in [1.29, 1.82) is 0 Å². The number of nitrogens with two attached hydrogens (primary N) is 1. The van der Waals surface area contributed by atoms with Crippen molar-refractivity contribution in [2.45, 2.75) is 45.7 Å². The number of imidazole rings is 1. The van der Waals surface area contributed by atoms with Crippen molar-refractivity contribution in [2.24, 2.45) is 11.3 Å². The van der Waals surface area contributed by atoms with Crippen molar-refractivity contribution in [1.82, 2.24) is 19.5 Å². The minimum Gasteiger partial charge on any atom is -0.371 e. The zero-order valence-electron chi connectivity index (χ0n) is 19.8. The van der Waals surface area contributed by atoms with Crippen LogP contribution in [0.1, 0.15) is 33.9 Å². The first-order valence-corrected chi connectivity index (χ1v) is 13.6. The number of hydrogen-bond acceptors (Lipinski definition) is 11. The number of halogens is 1. The van der Waals surface area contributed by atoms with Gasteiger partial charge in [-0.25, -0.2) is 9.37 Å². The molecule has 2 fully saturated rings. The third kappa shape index (κ3) is 4.68. The molecule has 2 aromatic rings. The largest absolute Gasteiger partial charge is 0.371 e. The lowest BCUT2D eigenvalue weighted by Crippen LogP contribution is -2.41. The Morgan fingerprint density at radius 2 is 2.21 bits per heavy atom. The van der Waals surface area contributed by atoms with Crippen molar-refractivity contribution in [2.75, 3.05) is 43.2 Å². The molecule has 0 aliphatic carbocycles. The van der Waals surface area contributed by atoms with Crippen LogP contribution in [-0.2, 0) is 23.1 Å². The number of hydrogen-bond donors (Lipinski definition) is 2. The standard InChI is InChI=1S/C20H30FN6O5PS/c1-19(2,3)17(28)34-7-6-30-33(29)9-11-12(8-31-33)32-16(20(11,4)21)27-10-24-13-14(23-5)25-18(22)26-15(13)27/h10-12,16H,6-9H2,1-5H3,(H3,22,23,25,26)/t11-,12-,16-,20-,33?/m1/s1. The second-order valence-corrected chi connectivity index (χ2v) is 12.8. The molecule has 4 rings (SSSR count). The van der Waals surface area contributed by atoms with E-state index in [2.05, 4.69) is 20.3 Å². The number of carbonyl (C=O) groups is 1. The number of anilines is 2. The predicted molar refractivity (Wildman–Crippen MR) is 127 cm³/mol. The Morgan fingerprint density at radius 1 is 1.47 bits per heavy atom. The minimum absolute atomic E-state index is 0.0126. The Bertz CT molecular complexity index is 1140. The molecule has 0 aromatic carbocycles. The SMILES string of the molecule is CNc1nc(N)nc2c1ncn2[C@@H]1O[C@@H]2COP(=O)(OCCSC(=O)C(C)(C)C)C[C@H]2[C@@]1(C)F. The summed E-state index contributed by atoms with van der Waals surface area (Å²) in [7, 11) is -1.89. The van der Waals surface area contributed by atoms with Crippen LogP contribution in [0.2, 0.25) is 0 Å². The van der Waals surface area contributed by atoms with Gasteiger partial charge < -0.3 is 24.8 Å². The Balaban J connectivity index is 1.48. The molecule has 14 heteroatoms. The highest BCUT2D eigenvalue weighted by atomic mass is 32.2. The molecule has 188 valence electrons. The number of carbonyl (C=O) groups excluding carboxylic acids is 1. The summed E-state index contributed by atoms with van der Waals surface area (Å²) in [6, 6.07) is 0. The van der Waals surface area contributed by atoms with Crippen molar-refractivity contribution in [3.8, 4) is 0 Å². The van der Waals surface area contributed by atoms with Gasteiger partial charge in [-0.2, -0.15) is 9.97 Å². The molecular formula is C20H30FN6O5PS. The Hall–Kier alpha value is -1.79.